The first kappa shape index (κ1) is 12.0. The van der Waals surface area contributed by atoms with Gasteiger partial charge in [0.05, 0.1) is 22.4 Å². The van der Waals surface area contributed by atoms with Crippen LogP contribution in [-0.4, -0.2) is 19.9 Å². The van der Waals surface area contributed by atoms with E-state index in [1.165, 1.54) is 11.8 Å². The molecule has 0 aliphatic rings. The highest BCUT2D eigenvalue weighted by atomic mass is 32.2. The fourth-order valence-corrected chi connectivity index (χ4v) is 2.63. The number of imidazole rings is 1. The molecule has 19 heavy (non-hydrogen) atoms. The molecule has 3 rings (SSSR count). The minimum Gasteiger partial charge on any atom is -0.399 e. The van der Waals surface area contributed by atoms with Gasteiger partial charge < -0.3 is 10.7 Å². The highest BCUT2D eigenvalue weighted by Gasteiger charge is 2.09. The van der Waals surface area contributed by atoms with Crippen LogP contribution in [0.2, 0.25) is 0 Å². The van der Waals surface area contributed by atoms with Crippen LogP contribution < -0.4 is 5.73 Å². The zero-order valence-corrected chi connectivity index (χ0v) is 11.5. The predicted octanol–water partition coefficient (Wildman–Crippen LogP) is 2.70. The third kappa shape index (κ3) is 2.39. The molecular formula is C13H13N5S. The van der Waals surface area contributed by atoms with Crippen LogP contribution in [-0.2, 0) is 0 Å². The van der Waals surface area contributed by atoms with Crippen molar-refractivity contribution >= 4 is 28.5 Å². The molecular weight excluding hydrogens is 258 g/mol. The van der Waals surface area contributed by atoms with Crippen LogP contribution >= 0.6 is 11.8 Å². The zero-order valence-electron chi connectivity index (χ0n) is 10.6. The summed E-state index contributed by atoms with van der Waals surface area (Å²) in [5.41, 5.74) is 10.1. The highest BCUT2D eigenvalue weighted by molar-refractivity contribution is 7.99. The number of aromatic amines is 1. The number of anilines is 1. The number of nitrogens with zero attached hydrogens (tertiary/aromatic N) is 3. The van der Waals surface area contributed by atoms with Crippen molar-refractivity contribution in [3.05, 3.63) is 35.8 Å². The third-order valence-electron chi connectivity index (χ3n) is 2.71. The van der Waals surface area contributed by atoms with Gasteiger partial charge in [-0.15, -0.1) is 0 Å². The van der Waals surface area contributed by atoms with Crippen LogP contribution in [0.1, 0.15) is 11.4 Å². The topological polar surface area (TPSA) is 80.5 Å². The summed E-state index contributed by atoms with van der Waals surface area (Å²) in [5, 5.41) is 1.66. The average molecular weight is 271 g/mol. The Morgan fingerprint density at radius 2 is 2.05 bits per heavy atom. The minimum atomic E-state index is 0.722. The van der Waals surface area contributed by atoms with Gasteiger partial charge in [-0.2, -0.15) is 0 Å². The van der Waals surface area contributed by atoms with E-state index in [1.807, 2.05) is 32.0 Å². The van der Waals surface area contributed by atoms with Gasteiger partial charge >= 0.3 is 0 Å². The number of rotatable bonds is 2. The van der Waals surface area contributed by atoms with Crippen LogP contribution in [0.5, 0.6) is 0 Å². The summed E-state index contributed by atoms with van der Waals surface area (Å²) in [6, 6.07) is 5.62. The van der Waals surface area contributed by atoms with Crippen molar-refractivity contribution in [3.63, 3.8) is 0 Å². The van der Waals surface area contributed by atoms with Crippen molar-refractivity contribution in [2.75, 3.05) is 5.73 Å². The summed E-state index contributed by atoms with van der Waals surface area (Å²) in [6.45, 7) is 3.87. The van der Waals surface area contributed by atoms with E-state index >= 15 is 0 Å². The van der Waals surface area contributed by atoms with Gasteiger partial charge in [0.1, 0.15) is 5.03 Å². The number of aromatic nitrogens is 4. The van der Waals surface area contributed by atoms with Gasteiger partial charge in [-0.05, 0) is 43.8 Å². The summed E-state index contributed by atoms with van der Waals surface area (Å²) < 4.78 is 0. The Kier molecular flexibility index (Phi) is 2.87. The van der Waals surface area contributed by atoms with E-state index in [-0.39, 0.29) is 0 Å². The average Bonchev–Trinajstić information content (AvgIpc) is 2.75. The molecule has 1 aromatic carbocycles. The van der Waals surface area contributed by atoms with E-state index in [2.05, 4.69) is 19.9 Å². The first-order chi connectivity index (χ1) is 9.11. The Morgan fingerprint density at radius 1 is 1.21 bits per heavy atom. The van der Waals surface area contributed by atoms with Gasteiger partial charge in [0.25, 0.3) is 0 Å². The molecule has 3 aromatic rings. The SMILES string of the molecule is Cc1cnc(C)c(Sc2nc3ccc(N)cc3[nH]2)n1. The van der Waals surface area contributed by atoms with E-state index in [9.17, 15) is 0 Å². The quantitative estimate of drug-likeness (QED) is 0.700. The molecule has 0 fully saturated rings. The maximum atomic E-state index is 5.75. The van der Waals surface area contributed by atoms with Crippen molar-refractivity contribution in [2.24, 2.45) is 0 Å². The number of hydrogen-bond donors (Lipinski definition) is 2. The fraction of sp³-hybridized carbons (Fsp3) is 0.154. The number of nitrogens with one attached hydrogen (secondary N) is 1. The van der Waals surface area contributed by atoms with Gasteiger partial charge in [0, 0.05) is 11.9 Å². The Balaban J connectivity index is 1.98. The zero-order chi connectivity index (χ0) is 13.4. The standard InChI is InChI=1S/C13H13N5S/c1-7-6-15-8(2)12(16-7)19-13-17-10-4-3-9(14)5-11(10)18-13/h3-6H,14H2,1-2H3,(H,17,18). The Hall–Kier alpha value is -2.08. The molecule has 0 radical (unpaired) electrons. The van der Waals surface area contributed by atoms with Crippen LogP contribution in [0, 0.1) is 13.8 Å². The lowest BCUT2D eigenvalue weighted by molar-refractivity contribution is 0.938. The summed E-state index contributed by atoms with van der Waals surface area (Å²) in [5.74, 6) is 0. The van der Waals surface area contributed by atoms with Crippen LogP contribution in [0.25, 0.3) is 11.0 Å². The summed E-state index contributed by atoms with van der Waals surface area (Å²) in [4.78, 5) is 16.5. The largest absolute Gasteiger partial charge is 0.399 e. The fourth-order valence-electron chi connectivity index (χ4n) is 1.76. The third-order valence-corrected chi connectivity index (χ3v) is 3.68. The smallest absolute Gasteiger partial charge is 0.172 e. The van der Waals surface area contributed by atoms with E-state index in [4.69, 9.17) is 5.73 Å². The Bertz CT molecular complexity index is 750. The van der Waals surface area contributed by atoms with Crippen LogP contribution in [0.3, 0.4) is 0 Å². The lowest BCUT2D eigenvalue weighted by atomic mass is 10.3. The van der Waals surface area contributed by atoms with Crippen molar-refractivity contribution in [2.45, 2.75) is 24.0 Å². The second-order valence-corrected chi connectivity index (χ2v) is 5.30. The molecule has 0 aliphatic carbocycles. The van der Waals surface area contributed by atoms with Crippen LogP contribution in [0.4, 0.5) is 5.69 Å². The van der Waals surface area contributed by atoms with Crippen LogP contribution in [0.15, 0.2) is 34.6 Å². The first-order valence-corrected chi connectivity index (χ1v) is 6.67. The monoisotopic (exact) mass is 271 g/mol. The number of benzene rings is 1. The lowest BCUT2D eigenvalue weighted by Gasteiger charge is -2.01. The number of nitrogens with two attached hydrogens (primary N) is 1. The van der Waals surface area contributed by atoms with E-state index < -0.39 is 0 Å². The molecule has 0 aliphatic heterocycles. The molecule has 96 valence electrons. The first-order valence-electron chi connectivity index (χ1n) is 5.85. The molecule has 0 amide bonds. The highest BCUT2D eigenvalue weighted by Crippen LogP contribution is 2.27. The number of aryl methyl sites for hydroxylation is 2. The number of hydrogen-bond acceptors (Lipinski definition) is 5. The second kappa shape index (κ2) is 4.55. The Morgan fingerprint density at radius 3 is 2.89 bits per heavy atom. The molecule has 6 heteroatoms. The van der Waals surface area contributed by atoms with Crippen molar-refractivity contribution in [3.8, 4) is 0 Å². The predicted molar refractivity (Wildman–Crippen MR) is 76.1 cm³/mol. The van der Waals surface area contributed by atoms with Crippen molar-refractivity contribution in [1.82, 2.24) is 19.9 Å². The van der Waals surface area contributed by atoms with Crippen molar-refractivity contribution in [1.29, 1.82) is 0 Å². The molecule has 0 saturated heterocycles. The second-order valence-electron chi connectivity index (χ2n) is 4.32. The van der Waals surface area contributed by atoms with Gasteiger partial charge in [-0.1, -0.05) is 0 Å². The number of nitrogen functional groups attached to an aromatic ring is 1. The molecule has 0 saturated carbocycles. The van der Waals surface area contributed by atoms with Gasteiger partial charge in [0.2, 0.25) is 0 Å². The summed E-state index contributed by atoms with van der Waals surface area (Å²) >= 11 is 1.48. The van der Waals surface area contributed by atoms with E-state index in [0.717, 1.165) is 38.3 Å². The molecule has 0 unspecified atom stereocenters. The van der Waals surface area contributed by atoms with Gasteiger partial charge in [0.15, 0.2) is 5.16 Å². The summed E-state index contributed by atoms with van der Waals surface area (Å²) in [7, 11) is 0. The maximum Gasteiger partial charge on any atom is 0.172 e. The molecule has 2 heterocycles. The Labute approximate surface area is 114 Å². The van der Waals surface area contributed by atoms with Gasteiger partial charge in [-0.25, -0.2) is 9.97 Å². The molecule has 0 bridgehead atoms. The molecule has 0 atom stereocenters. The summed E-state index contributed by atoms with van der Waals surface area (Å²) in [6.07, 6.45) is 1.76. The normalized spacial score (nSPS) is 11.1. The molecule has 3 N–H and O–H groups in total. The van der Waals surface area contributed by atoms with E-state index in [0.29, 0.717) is 0 Å². The molecule has 0 spiro atoms. The van der Waals surface area contributed by atoms with Crippen molar-refractivity contribution < 1.29 is 0 Å². The van der Waals surface area contributed by atoms with Gasteiger partial charge in [-0.3, -0.25) is 4.98 Å². The maximum absolute atomic E-state index is 5.75. The number of fused-ring (bicyclic) bond motifs is 1. The number of H-pyrrole nitrogens is 1. The van der Waals surface area contributed by atoms with E-state index in [1.54, 1.807) is 6.20 Å². The minimum absolute atomic E-state index is 0.722. The lowest BCUT2D eigenvalue weighted by Crippen LogP contribution is -1.92. The molecule has 5 nitrogen and oxygen atoms in total. The molecule has 2 aromatic heterocycles.